The van der Waals surface area contributed by atoms with Gasteiger partial charge in [-0.1, -0.05) is 219 Å². The summed E-state index contributed by atoms with van der Waals surface area (Å²) < 4.78 is 9.74. The Morgan fingerprint density at radius 1 is 0.505 bits per heavy atom. The van der Waals surface area contributed by atoms with Gasteiger partial charge in [-0.3, -0.25) is 24.0 Å². The number of aromatic nitrogens is 1. The van der Waals surface area contributed by atoms with E-state index in [4.69, 9.17) is 44.8 Å². The van der Waals surface area contributed by atoms with E-state index in [1.54, 1.807) is 97.2 Å². The lowest BCUT2D eigenvalue weighted by atomic mass is 9.79. The quantitative estimate of drug-likeness (QED) is 0.0331. The Morgan fingerprint density at radius 2 is 1.04 bits per heavy atom. The Labute approximate surface area is 548 Å². The number of furan rings is 2. The second-order valence-electron chi connectivity index (χ2n) is 21.3. The van der Waals surface area contributed by atoms with Gasteiger partial charge in [-0.15, -0.1) is 0 Å². The standard InChI is InChI=1S/C10H9BO2.C10H6O3.C9H7NO.C9H6O2.C9H10O.C8H7BO3.C7H9BO2.C7H12O.C5H4O2/c12-11(13)10-6-5-8-3-1-2-4-9(8)7-10;11-8-7(9(12)10(8)13)6-4-2-1-3-5-6;11-6-7-5-10-9-4-2-1-3-8(7)9;10-8-7(9(8)11)6-4-2-1-3-5-6;10-8-4-7-9-5-2-1-3-6-9;10-9(11)8-5-6-3-1-2-4-7(6)12-8;1-6-2-4-7(5-3-6)8(9)10;8-6-7-4-2-1-3-5-7;6-4-5-2-1-3-7-5/h1-7,12-13H;1-5,11H;1-6,10H;1-5,10H;1-3,5-6,8H,4,7H2;1-5,10-11H;2-5,9-10H,1H3;6-7H,1-5H2;1-4H. The zero-order valence-corrected chi connectivity index (χ0v) is 51.8. The highest BCUT2D eigenvalue weighted by molar-refractivity contribution is 6.59. The Bertz CT molecular complexity index is 4440. The van der Waals surface area contributed by atoms with Crippen molar-refractivity contribution in [3.05, 3.63) is 290 Å². The first-order valence-electron chi connectivity index (χ1n) is 30.1. The zero-order valence-electron chi connectivity index (χ0n) is 51.8. The van der Waals surface area contributed by atoms with Crippen molar-refractivity contribution in [2.45, 2.75) is 51.9 Å². The minimum absolute atomic E-state index is 0.0869. The molecule has 18 nitrogen and oxygen atoms in total. The molecule has 9 N–H and O–H groups in total. The van der Waals surface area contributed by atoms with E-state index in [0.29, 0.717) is 52.0 Å². The van der Waals surface area contributed by atoms with Gasteiger partial charge < -0.3 is 63.8 Å². The molecule has 0 bridgehead atoms. The van der Waals surface area contributed by atoms with Gasteiger partial charge in [0.05, 0.1) is 17.4 Å². The van der Waals surface area contributed by atoms with Crippen LogP contribution in [0.4, 0.5) is 0 Å². The number of carbonyl (C=O) groups excluding carboxylic acids is 4. The van der Waals surface area contributed by atoms with E-state index in [9.17, 15) is 33.6 Å². The first-order chi connectivity index (χ1) is 46.0. The molecule has 0 saturated heterocycles. The van der Waals surface area contributed by atoms with Crippen molar-refractivity contribution in [1.29, 1.82) is 0 Å². The maximum Gasteiger partial charge on any atom is 0.526 e. The predicted octanol–water partition coefficient (Wildman–Crippen LogP) is 8.91. The fraction of sp³-hybridized carbons (Fsp3) is 0.122. The lowest BCUT2D eigenvalue weighted by Gasteiger charge is -2.14. The number of hydrogen-bond acceptors (Lipinski definition) is 17. The monoisotopic (exact) mass is 1280 g/mol. The number of aromatic amines is 1. The molecule has 1 aliphatic carbocycles. The molecule has 0 spiro atoms. The summed E-state index contributed by atoms with van der Waals surface area (Å²) in [5, 5.41) is 74.8. The van der Waals surface area contributed by atoms with Crippen LogP contribution in [0.3, 0.4) is 0 Å². The van der Waals surface area contributed by atoms with Crippen LogP contribution in [0.5, 0.6) is 11.5 Å². The normalized spacial score (nSPS) is 11.1. The molecule has 95 heavy (non-hydrogen) atoms. The largest absolute Gasteiger partial charge is 0.526 e. The Kier molecular flexibility index (Phi) is 29.9. The number of nitrogens with one attached hydrogen (secondary N) is 1. The Morgan fingerprint density at radius 3 is 1.54 bits per heavy atom. The number of aromatic hydroxyl groups is 2. The molecule has 1 saturated carbocycles. The highest BCUT2D eigenvalue weighted by Gasteiger charge is 2.23. The fourth-order valence-corrected chi connectivity index (χ4v) is 9.21. The molecule has 21 heteroatoms. The van der Waals surface area contributed by atoms with Crippen molar-refractivity contribution >= 4 is 95.7 Å². The molecule has 0 unspecified atom stereocenters. The van der Waals surface area contributed by atoms with Crippen LogP contribution in [-0.4, -0.2) is 91.8 Å². The number of fused-ring (bicyclic) bond motifs is 3. The third-order valence-electron chi connectivity index (χ3n) is 14.4. The number of hydrogen-bond donors (Lipinski definition) is 9. The molecule has 3 heterocycles. The van der Waals surface area contributed by atoms with Gasteiger partial charge in [0.15, 0.2) is 29.8 Å². The Hall–Kier alpha value is -10.9. The molecule has 10 aromatic carbocycles. The minimum Gasteiger partial charge on any atom is -0.504 e. The lowest BCUT2D eigenvalue weighted by molar-refractivity contribution is -0.112. The lowest BCUT2D eigenvalue weighted by Crippen LogP contribution is -2.31. The smallest absolute Gasteiger partial charge is 0.504 e. The summed E-state index contributed by atoms with van der Waals surface area (Å²) in [6, 6.07) is 68.0. The average molecular weight is 1280 g/mol. The van der Waals surface area contributed by atoms with Crippen LogP contribution in [-0.2, 0) is 16.0 Å². The summed E-state index contributed by atoms with van der Waals surface area (Å²) in [5.41, 5.74) is 6.34. The second kappa shape index (κ2) is 38.8. The van der Waals surface area contributed by atoms with E-state index in [2.05, 4.69) is 9.40 Å². The first-order valence-corrected chi connectivity index (χ1v) is 30.1. The summed E-state index contributed by atoms with van der Waals surface area (Å²) in [6.07, 6.45) is 14.4. The minimum atomic E-state index is -1.53. The number of benzene rings is 8. The van der Waals surface area contributed by atoms with Crippen molar-refractivity contribution in [2.75, 3.05) is 0 Å². The SMILES string of the molecule is Cc1ccc(B(O)O)cc1.O=CC1CCCCC1.O=CCCc1ccccc1.O=Cc1c[nH]c2ccccc12.O=Cc1ccco1.O=c1c(O)c(-c2ccccc2)c1=O.O=c1c(O)c1-c1ccccc1.OB(O)c1cc2ccccc2o1.OB(O)c1ccc2ccccc2c1. The number of para-hydroxylation sites is 2. The van der Waals surface area contributed by atoms with Gasteiger partial charge in [-0.25, -0.2) is 0 Å². The van der Waals surface area contributed by atoms with Gasteiger partial charge in [-0.05, 0) is 94.9 Å². The topological polar surface area (TPSA) is 323 Å². The number of carbonyl (C=O) groups is 4. The molecule has 0 radical (unpaired) electrons. The molecule has 0 amide bonds. The van der Waals surface area contributed by atoms with E-state index in [1.165, 1.54) is 31.1 Å². The molecule has 3 aromatic heterocycles. The van der Waals surface area contributed by atoms with Crippen molar-refractivity contribution in [1.82, 2.24) is 4.98 Å². The van der Waals surface area contributed by atoms with Crippen LogP contribution in [0.2, 0.25) is 0 Å². The van der Waals surface area contributed by atoms with E-state index in [-0.39, 0.29) is 22.4 Å². The molecule has 0 atom stereocenters. The maximum atomic E-state index is 11.0. The number of rotatable bonds is 11. The number of aldehydes is 4. The molecule has 1 fully saturated rings. The third-order valence-corrected chi connectivity index (χ3v) is 14.4. The van der Waals surface area contributed by atoms with Crippen LogP contribution in [0.1, 0.15) is 70.6 Å². The zero-order chi connectivity index (χ0) is 68.5. The van der Waals surface area contributed by atoms with E-state index in [0.717, 1.165) is 81.9 Å². The van der Waals surface area contributed by atoms with E-state index < -0.39 is 38.0 Å². The Balaban J connectivity index is 0.000000170. The second-order valence-corrected chi connectivity index (χ2v) is 21.3. The summed E-state index contributed by atoms with van der Waals surface area (Å²) >= 11 is 0. The van der Waals surface area contributed by atoms with E-state index in [1.807, 2.05) is 140 Å². The summed E-state index contributed by atoms with van der Waals surface area (Å²) in [6.45, 7) is 1.95. The van der Waals surface area contributed by atoms with Gasteiger partial charge >= 0.3 is 21.4 Å². The molecular weight excluding hydrogens is 1210 g/mol. The molecule has 1 aliphatic rings. The van der Waals surface area contributed by atoms with Crippen LogP contribution in [0.25, 0.3) is 54.9 Å². The van der Waals surface area contributed by atoms with Crippen molar-refractivity contribution in [3.63, 3.8) is 0 Å². The average Bonchev–Trinajstić information content (AvgIpc) is 1.77. The van der Waals surface area contributed by atoms with Crippen LogP contribution in [0.15, 0.2) is 260 Å². The van der Waals surface area contributed by atoms with Crippen LogP contribution >= 0.6 is 0 Å². The molecule has 0 aliphatic heterocycles. The van der Waals surface area contributed by atoms with E-state index >= 15 is 0 Å². The predicted molar refractivity (Wildman–Crippen MR) is 373 cm³/mol. The van der Waals surface area contributed by atoms with Crippen molar-refractivity contribution < 1.29 is 68.4 Å². The number of H-pyrrole nitrogens is 1. The van der Waals surface area contributed by atoms with Gasteiger partial charge in [0, 0.05) is 40.4 Å². The van der Waals surface area contributed by atoms with Gasteiger partial charge in [0.2, 0.25) is 10.9 Å². The van der Waals surface area contributed by atoms with Crippen LogP contribution < -0.4 is 32.9 Å². The van der Waals surface area contributed by atoms with Crippen molar-refractivity contribution in [3.8, 4) is 33.8 Å². The summed E-state index contributed by atoms with van der Waals surface area (Å²) in [5.74, 6) is 0.274. The summed E-state index contributed by atoms with van der Waals surface area (Å²) in [4.78, 5) is 75.8. The first kappa shape index (κ1) is 73.2. The molecule has 482 valence electrons. The van der Waals surface area contributed by atoms with Gasteiger partial charge in [0.25, 0.3) is 5.43 Å². The molecule has 14 rings (SSSR count). The maximum absolute atomic E-state index is 11.0. The number of aryl methyl sites for hydroxylation is 2. The van der Waals surface area contributed by atoms with Crippen molar-refractivity contribution in [2.24, 2.45) is 5.92 Å². The molecule has 13 aromatic rings. The van der Waals surface area contributed by atoms with Crippen LogP contribution in [0, 0.1) is 12.8 Å². The van der Waals surface area contributed by atoms with Gasteiger partial charge in [-0.2, -0.15) is 0 Å². The van der Waals surface area contributed by atoms with Gasteiger partial charge in [0.1, 0.15) is 23.8 Å². The summed E-state index contributed by atoms with van der Waals surface area (Å²) in [7, 11) is -4.26. The fourth-order valence-electron chi connectivity index (χ4n) is 9.21. The highest BCUT2D eigenvalue weighted by atomic mass is 16.4. The third kappa shape index (κ3) is 23.3. The highest BCUT2D eigenvalue weighted by Crippen LogP contribution is 2.30. The molecular formula is C74H70B3NO17.